The number of halogens is 1. The summed E-state index contributed by atoms with van der Waals surface area (Å²) in [5.41, 5.74) is 1.70. The third-order valence-corrected chi connectivity index (χ3v) is 9.53. The third-order valence-electron chi connectivity index (χ3n) is 6.58. The quantitative estimate of drug-likeness (QED) is 0.218. The van der Waals surface area contributed by atoms with E-state index in [4.69, 9.17) is 14.0 Å². The summed E-state index contributed by atoms with van der Waals surface area (Å²) in [4.78, 5) is 13.5. The Labute approximate surface area is 227 Å². The summed E-state index contributed by atoms with van der Waals surface area (Å²) >= 11 is 3.51. The summed E-state index contributed by atoms with van der Waals surface area (Å²) in [6.45, 7) is 7.15. The fraction of sp³-hybridized carbons (Fsp3) is 0.462. The Kier molecular flexibility index (Phi) is 9.78. The van der Waals surface area contributed by atoms with E-state index >= 15 is 0 Å². The maximum absolute atomic E-state index is 12.6. The van der Waals surface area contributed by atoms with Crippen LogP contribution in [0.25, 0.3) is 10.9 Å². The van der Waals surface area contributed by atoms with E-state index < -0.39 is 7.37 Å². The van der Waals surface area contributed by atoms with Gasteiger partial charge in [0.15, 0.2) is 11.5 Å². The van der Waals surface area contributed by atoms with Crippen LogP contribution >= 0.6 is 23.3 Å². The Balaban J connectivity index is 1.33. The first kappa shape index (κ1) is 27.8. The number of fused-ring (bicyclic) bond motifs is 1. The minimum atomic E-state index is -2.52. The largest absolute Gasteiger partial charge is 0.493 e. The number of aromatic nitrogens is 2. The van der Waals surface area contributed by atoms with Gasteiger partial charge in [0.25, 0.3) is 0 Å². The second kappa shape index (κ2) is 13.0. The molecule has 0 aliphatic carbocycles. The number of hydrogen-bond acceptors (Lipinski definition) is 9. The molecule has 1 atom stereocenters. The molecule has 2 aromatic carbocycles. The molecule has 0 saturated carbocycles. The van der Waals surface area contributed by atoms with E-state index in [-0.39, 0.29) is 0 Å². The molecule has 0 amide bonds. The second-order valence-electron chi connectivity index (χ2n) is 8.99. The normalized spacial score (nSPS) is 16.4. The molecule has 0 spiro atoms. The molecule has 1 aliphatic heterocycles. The minimum absolute atomic E-state index is 0.542. The molecule has 4 rings (SSSR count). The lowest BCUT2D eigenvalue weighted by molar-refractivity contribution is 0.136. The number of nitrogens with zero attached hydrogens (tertiary/aromatic N) is 4. The number of rotatable bonds is 12. The Morgan fingerprint density at radius 3 is 2.54 bits per heavy atom. The van der Waals surface area contributed by atoms with E-state index in [0.717, 1.165) is 60.2 Å². The number of ether oxygens (including phenoxy) is 2. The molecule has 1 saturated heterocycles. The average molecular weight is 592 g/mol. The van der Waals surface area contributed by atoms with Crippen molar-refractivity contribution in [2.75, 3.05) is 71.3 Å². The molecule has 1 fully saturated rings. The Morgan fingerprint density at radius 1 is 1.05 bits per heavy atom. The third kappa shape index (κ3) is 7.42. The van der Waals surface area contributed by atoms with Crippen LogP contribution in [0.2, 0.25) is 0 Å². The maximum atomic E-state index is 12.6. The van der Waals surface area contributed by atoms with Crippen molar-refractivity contribution in [2.45, 2.75) is 13.3 Å². The summed E-state index contributed by atoms with van der Waals surface area (Å²) < 4.78 is 30.6. The zero-order valence-electron chi connectivity index (χ0n) is 21.7. The molecule has 2 heterocycles. The van der Waals surface area contributed by atoms with Crippen molar-refractivity contribution in [2.24, 2.45) is 0 Å². The highest BCUT2D eigenvalue weighted by molar-refractivity contribution is 9.10. The highest BCUT2D eigenvalue weighted by atomic mass is 79.9. The van der Waals surface area contributed by atoms with Gasteiger partial charge in [-0.25, -0.2) is 9.97 Å². The van der Waals surface area contributed by atoms with Crippen LogP contribution in [0.1, 0.15) is 13.3 Å². The monoisotopic (exact) mass is 591 g/mol. The molecule has 1 unspecified atom stereocenters. The molecule has 3 aromatic rings. The van der Waals surface area contributed by atoms with Gasteiger partial charge in [0, 0.05) is 67.6 Å². The van der Waals surface area contributed by atoms with E-state index in [1.54, 1.807) is 20.5 Å². The van der Waals surface area contributed by atoms with Crippen molar-refractivity contribution in [3.05, 3.63) is 47.2 Å². The zero-order valence-corrected chi connectivity index (χ0v) is 24.1. The van der Waals surface area contributed by atoms with Crippen LogP contribution in [0.3, 0.4) is 0 Å². The predicted octanol–water partition coefficient (Wildman–Crippen LogP) is 5.43. The highest BCUT2D eigenvalue weighted by Crippen LogP contribution is 2.46. The van der Waals surface area contributed by atoms with Gasteiger partial charge in [-0.3, -0.25) is 9.46 Å². The Hall–Kier alpha value is -2.23. The molecule has 9 nitrogen and oxygen atoms in total. The maximum Gasteiger partial charge on any atom is 0.216 e. The number of anilines is 2. The van der Waals surface area contributed by atoms with Crippen molar-refractivity contribution in [3.63, 3.8) is 0 Å². The van der Waals surface area contributed by atoms with Crippen LogP contribution in [-0.4, -0.2) is 85.8 Å². The molecule has 1 aliphatic rings. The van der Waals surface area contributed by atoms with E-state index in [1.807, 2.05) is 43.3 Å². The number of piperazine rings is 1. The van der Waals surface area contributed by atoms with Crippen molar-refractivity contribution in [1.82, 2.24) is 19.8 Å². The summed E-state index contributed by atoms with van der Waals surface area (Å²) in [5.74, 6) is 2.02. The van der Waals surface area contributed by atoms with Gasteiger partial charge in [-0.2, -0.15) is 0 Å². The molecule has 0 radical (unpaired) electrons. The highest BCUT2D eigenvalue weighted by Gasteiger charge is 2.25. The van der Waals surface area contributed by atoms with Gasteiger partial charge >= 0.3 is 0 Å². The molecular formula is C26H35BrN5O4P. The molecular weight excluding hydrogens is 557 g/mol. The Morgan fingerprint density at radius 2 is 1.84 bits per heavy atom. The molecule has 1 aromatic heterocycles. The lowest BCUT2D eigenvalue weighted by atomic mass is 10.2. The average Bonchev–Trinajstić information content (AvgIpc) is 2.91. The fourth-order valence-corrected chi connectivity index (χ4v) is 6.22. The van der Waals surface area contributed by atoms with Crippen LogP contribution in [0.15, 0.2) is 47.2 Å². The first-order valence-electron chi connectivity index (χ1n) is 12.5. The first-order chi connectivity index (χ1) is 17.9. The topological polar surface area (TPSA) is 89.1 Å². The lowest BCUT2D eigenvalue weighted by Crippen LogP contribution is -2.47. The molecule has 0 bridgehead atoms. The minimum Gasteiger partial charge on any atom is -0.493 e. The number of benzene rings is 2. The SMILES string of the molecule is CCP(=O)(CN1CCN(CCCOc2cc3c(Nc4cccc(Br)c4)ncnc3cc2OC)CC1)OC. The first-order valence-corrected chi connectivity index (χ1v) is 15.3. The van der Waals surface area contributed by atoms with Gasteiger partial charge in [0.05, 0.1) is 25.5 Å². The van der Waals surface area contributed by atoms with Gasteiger partial charge in [-0.1, -0.05) is 28.9 Å². The van der Waals surface area contributed by atoms with Crippen molar-refractivity contribution < 1.29 is 18.6 Å². The summed E-state index contributed by atoms with van der Waals surface area (Å²) in [7, 11) is 0.668. The van der Waals surface area contributed by atoms with Crippen molar-refractivity contribution >= 4 is 45.7 Å². The van der Waals surface area contributed by atoms with Crippen molar-refractivity contribution in [3.8, 4) is 11.5 Å². The van der Waals surface area contributed by atoms with Crippen LogP contribution in [0.5, 0.6) is 11.5 Å². The summed E-state index contributed by atoms with van der Waals surface area (Å²) in [6, 6.07) is 11.7. The fourth-order valence-electron chi connectivity index (χ4n) is 4.36. The number of nitrogens with one attached hydrogen (secondary N) is 1. The van der Waals surface area contributed by atoms with Crippen LogP contribution < -0.4 is 14.8 Å². The zero-order chi connectivity index (χ0) is 26.3. The predicted molar refractivity (Wildman–Crippen MR) is 152 cm³/mol. The summed E-state index contributed by atoms with van der Waals surface area (Å²) in [5, 5.41) is 4.23. The lowest BCUT2D eigenvalue weighted by Gasteiger charge is -2.35. The van der Waals surface area contributed by atoms with Gasteiger partial charge in [0.1, 0.15) is 12.1 Å². The van der Waals surface area contributed by atoms with Crippen LogP contribution in [0, 0.1) is 0 Å². The van der Waals surface area contributed by atoms with Gasteiger partial charge in [-0.05, 0) is 30.7 Å². The van der Waals surface area contributed by atoms with Gasteiger partial charge < -0.3 is 24.2 Å². The van der Waals surface area contributed by atoms with Crippen LogP contribution in [-0.2, 0) is 9.09 Å². The number of methoxy groups -OCH3 is 1. The molecule has 1 N–H and O–H groups in total. The van der Waals surface area contributed by atoms with Crippen LogP contribution in [0.4, 0.5) is 11.5 Å². The van der Waals surface area contributed by atoms with Gasteiger partial charge in [0.2, 0.25) is 7.37 Å². The Bertz CT molecular complexity index is 1230. The molecule has 37 heavy (non-hydrogen) atoms. The second-order valence-corrected chi connectivity index (χ2v) is 12.8. The standard InChI is InChI=1S/C26H35BrN5O4P/c1-4-37(33,35-3)19-32-12-10-31(11-13-32)9-6-14-36-25-16-22-23(17-24(25)34-2)28-18-29-26(22)30-21-8-5-7-20(27)15-21/h5,7-8,15-18H,4,6,9-14,19H2,1-3H3,(H,28,29,30). The molecule has 11 heteroatoms. The van der Waals surface area contributed by atoms with E-state index in [9.17, 15) is 4.57 Å². The van der Waals surface area contributed by atoms with Crippen molar-refractivity contribution in [1.29, 1.82) is 0 Å². The van der Waals surface area contributed by atoms with Gasteiger partial charge in [-0.15, -0.1) is 0 Å². The summed E-state index contributed by atoms with van der Waals surface area (Å²) in [6.07, 6.45) is 3.55. The van der Waals surface area contributed by atoms with E-state index in [0.29, 0.717) is 36.4 Å². The van der Waals surface area contributed by atoms with E-state index in [2.05, 4.69) is 41.0 Å². The molecule has 200 valence electrons. The smallest absolute Gasteiger partial charge is 0.216 e. The number of hydrogen-bond donors (Lipinski definition) is 1. The van der Waals surface area contributed by atoms with E-state index in [1.165, 1.54) is 0 Å².